The minimum absolute atomic E-state index is 0.0152. The first kappa shape index (κ1) is 23.8. The van der Waals surface area contributed by atoms with Crippen LogP contribution in [0.5, 0.6) is 5.75 Å². The van der Waals surface area contributed by atoms with Gasteiger partial charge in [0.1, 0.15) is 29.5 Å². The van der Waals surface area contributed by atoms with Gasteiger partial charge in [0.2, 0.25) is 0 Å². The van der Waals surface area contributed by atoms with E-state index in [2.05, 4.69) is 9.97 Å². The second-order valence-electron chi connectivity index (χ2n) is 9.37. The van der Waals surface area contributed by atoms with Gasteiger partial charge in [0.05, 0.1) is 24.1 Å². The van der Waals surface area contributed by atoms with Crippen LogP contribution in [0.4, 0.5) is 19.0 Å². The normalized spacial score (nSPS) is 18.7. The summed E-state index contributed by atoms with van der Waals surface area (Å²) in [6, 6.07) is 12.3. The molecule has 11 heteroatoms. The van der Waals surface area contributed by atoms with Crippen LogP contribution in [0.25, 0.3) is 11.0 Å². The van der Waals surface area contributed by atoms with Crippen LogP contribution in [-0.2, 0) is 16.9 Å². The molecule has 3 N–H and O–H groups in total. The summed E-state index contributed by atoms with van der Waals surface area (Å²) < 4.78 is 46.9. The van der Waals surface area contributed by atoms with Crippen molar-refractivity contribution < 1.29 is 27.5 Å². The zero-order chi connectivity index (χ0) is 26.6. The van der Waals surface area contributed by atoms with Crippen molar-refractivity contribution in [3.05, 3.63) is 88.9 Å². The molecule has 38 heavy (non-hydrogen) atoms. The molecule has 1 unspecified atom stereocenters. The molecule has 1 spiro atoms. The summed E-state index contributed by atoms with van der Waals surface area (Å²) in [6.07, 6.45) is 0.298. The topological polar surface area (TPSA) is 105 Å². The van der Waals surface area contributed by atoms with Crippen molar-refractivity contribution in [3.8, 4) is 5.75 Å². The Kier molecular flexibility index (Phi) is 5.51. The van der Waals surface area contributed by atoms with Gasteiger partial charge < -0.3 is 25.3 Å². The maximum atomic E-state index is 14.1. The molecule has 0 bridgehead atoms. The highest BCUT2D eigenvalue weighted by Gasteiger charge is 2.59. The smallest absolute Gasteiger partial charge is 0.255 e. The fourth-order valence-corrected chi connectivity index (χ4v) is 5.37. The number of ether oxygens (including phenoxy) is 1. The standard InChI is InChI=1S/C27H22F3N5O3/c28-15-1-4-18(5-2-15)38-10-9-34-8-7-27(26(34)37)20-6-3-16(29)11-19(20)25(36)35(27)14-17-12-22-23(32-17)13-21(30)24(31)33-22/h1-6,11-13,32H,7-10,14H2,(H2,31,33). The van der Waals surface area contributed by atoms with Gasteiger partial charge in [-0.1, -0.05) is 6.07 Å². The number of aromatic nitrogens is 2. The van der Waals surface area contributed by atoms with Gasteiger partial charge in [0, 0.05) is 35.9 Å². The number of carbonyl (C=O) groups excluding carboxylic acids is 2. The number of aromatic amines is 1. The number of hydrogen-bond donors (Lipinski definition) is 2. The molecule has 6 rings (SSSR count). The first-order chi connectivity index (χ1) is 18.3. The van der Waals surface area contributed by atoms with E-state index in [9.17, 15) is 22.8 Å². The number of fused-ring (bicyclic) bond motifs is 3. The molecule has 2 amide bonds. The Bertz CT molecular complexity index is 1550. The van der Waals surface area contributed by atoms with Gasteiger partial charge in [-0.3, -0.25) is 9.59 Å². The van der Waals surface area contributed by atoms with Crippen molar-refractivity contribution in [2.24, 2.45) is 0 Å². The molecule has 0 radical (unpaired) electrons. The van der Waals surface area contributed by atoms with Gasteiger partial charge in [0.15, 0.2) is 11.6 Å². The molecule has 0 saturated carbocycles. The second-order valence-corrected chi connectivity index (χ2v) is 9.37. The molecule has 2 aliphatic heterocycles. The Balaban J connectivity index is 1.29. The average Bonchev–Trinajstić information content (AvgIpc) is 3.50. The highest BCUT2D eigenvalue weighted by atomic mass is 19.1. The quantitative estimate of drug-likeness (QED) is 0.403. The summed E-state index contributed by atoms with van der Waals surface area (Å²) in [7, 11) is 0. The van der Waals surface area contributed by atoms with E-state index in [1.807, 2.05) is 0 Å². The van der Waals surface area contributed by atoms with E-state index in [1.165, 1.54) is 47.4 Å². The number of benzene rings is 2. The molecule has 194 valence electrons. The minimum atomic E-state index is -1.33. The van der Waals surface area contributed by atoms with Crippen molar-refractivity contribution in [1.82, 2.24) is 19.8 Å². The largest absolute Gasteiger partial charge is 0.492 e. The summed E-state index contributed by atoms with van der Waals surface area (Å²) >= 11 is 0. The van der Waals surface area contributed by atoms with Crippen LogP contribution in [0.2, 0.25) is 0 Å². The number of nitrogens with two attached hydrogens (primary N) is 1. The molecule has 2 aliphatic rings. The molecule has 1 atom stereocenters. The molecular weight excluding hydrogens is 499 g/mol. The third-order valence-corrected chi connectivity index (χ3v) is 7.16. The summed E-state index contributed by atoms with van der Waals surface area (Å²) in [5.74, 6) is -2.19. The number of pyridine rings is 1. The Hall–Kier alpha value is -4.54. The van der Waals surface area contributed by atoms with Gasteiger partial charge >= 0.3 is 0 Å². The van der Waals surface area contributed by atoms with E-state index >= 15 is 0 Å². The van der Waals surface area contributed by atoms with Crippen LogP contribution in [-0.4, -0.2) is 51.3 Å². The van der Waals surface area contributed by atoms with Crippen molar-refractivity contribution in [2.45, 2.75) is 18.5 Å². The zero-order valence-electron chi connectivity index (χ0n) is 20.0. The molecule has 8 nitrogen and oxygen atoms in total. The first-order valence-electron chi connectivity index (χ1n) is 12.0. The van der Waals surface area contributed by atoms with Crippen LogP contribution in [0.3, 0.4) is 0 Å². The van der Waals surface area contributed by atoms with Crippen molar-refractivity contribution in [3.63, 3.8) is 0 Å². The van der Waals surface area contributed by atoms with Crippen molar-refractivity contribution in [2.75, 3.05) is 25.4 Å². The lowest BCUT2D eigenvalue weighted by atomic mass is 9.87. The fraction of sp³-hybridized carbons (Fsp3) is 0.222. The van der Waals surface area contributed by atoms with Crippen LogP contribution in [0.15, 0.2) is 54.6 Å². The Morgan fingerprint density at radius 1 is 1.03 bits per heavy atom. The molecular formula is C27H22F3N5O3. The lowest BCUT2D eigenvalue weighted by Crippen LogP contribution is -2.49. The van der Waals surface area contributed by atoms with Gasteiger partial charge in [-0.2, -0.15) is 0 Å². The number of rotatable bonds is 6. The molecule has 2 aromatic carbocycles. The zero-order valence-corrected chi connectivity index (χ0v) is 20.0. The molecule has 1 fully saturated rings. The maximum Gasteiger partial charge on any atom is 0.255 e. The molecule has 0 aliphatic carbocycles. The van der Waals surface area contributed by atoms with Crippen molar-refractivity contribution in [1.29, 1.82) is 0 Å². The summed E-state index contributed by atoms with van der Waals surface area (Å²) in [5, 5.41) is 0. The number of nitrogens with zero attached hydrogens (tertiary/aromatic N) is 3. The number of nitrogens with one attached hydrogen (secondary N) is 1. The molecule has 4 heterocycles. The molecule has 2 aromatic heterocycles. The van der Waals surface area contributed by atoms with Crippen molar-refractivity contribution >= 4 is 28.7 Å². The van der Waals surface area contributed by atoms with E-state index < -0.39 is 23.1 Å². The van der Waals surface area contributed by atoms with E-state index in [0.29, 0.717) is 41.0 Å². The highest BCUT2D eigenvalue weighted by molar-refractivity contribution is 6.07. The van der Waals surface area contributed by atoms with Crippen LogP contribution in [0.1, 0.15) is 28.0 Å². The predicted molar refractivity (Wildman–Crippen MR) is 132 cm³/mol. The van der Waals surface area contributed by atoms with E-state index in [0.717, 1.165) is 6.07 Å². The number of anilines is 1. The third-order valence-electron chi connectivity index (χ3n) is 7.16. The summed E-state index contributed by atoms with van der Waals surface area (Å²) in [4.78, 5) is 37.6. The monoisotopic (exact) mass is 521 g/mol. The third kappa shape index (κ3) is 3.73. The predicted octanol–water partition coefficient (Wildman–Crippen LogP) is 3.73. The van der Waals surface area contributed by atoms with Gasteiger partial charge in [-0.15, -0.1) is 0 Å². The van der Waals surface area contributed by atoms with Gasteiger partial charge in [-0.25, -0.2) is 18.2 Å². The van der Waals surface area contributed by atoms with E-state index in [-0.39, 0.29) is 42.8 Å². The Morgan fingerprint density at radius 3 is 2.58 bits per heavy atom. The fourth-order valence-electron chi connectivity index (χ4n) is 5.37. The van der Waals surface area contributed by atoms with E-state index in [1.54, 1.807) is 11.0 Å². The minimum Gasteiger partial charge on any atom is -0.492 e. The molecule has 1 saturated heterocycles. The number of carbonyl (C=O) groups is 2. The van der Waals surface area contributed by atoms with Gasteiger partial charge in [0.25, 0.3) is 11.8 Å². The number of likely N-dealkylation sites (tertiary alicyclic amines) is 1. The second kappa shape index (κ2) is 8.79. The number of nitrogen functional groups attached to an aromatic ring is 1. The summed E-state index contributed by atoms with van der Waals surface area (Å²) in [6.45, 7) is 0.741. The average molecular weight is 521 g/mol. The maximum absolute atomic E-state index is 14.1. The Morgan fingerprint density at radius 2 is 1.79 bits per heavy atom. The van der Waals surface area contributed by atoms with Crippen LogP contribution < -0.4 is 10.5 Å². The number of H-pyrrole nitrogens is 1. The van der Waals surface area contributed by atoms with Crippen LogP contribution in [0, 0.1) is 17.5 Å². The Labute approximate surface area is 214 Å². The SMILES string of the molecule is Nc1nc2cc(CN3C(=O)c4cc(F)ccc4C34CCN(CCOc3ccc(F)cc3)C4=O)[nH]c2cc1F. The number of halogens is 3. The van der Waals surface area contributed by atoms with Gasteiger partial charge in [-0.05, 0) is 42.5 Å². The van der Waals surface area contributed by atoms with Crippen LogP contribution >= 0.6 is 0 Å². The lowest BCUT2D eigenvalue weighted by molar-refractivity contribution is -0.137. The summed E-state index contributed by atoms with van der Waals surface area (Å²) in [5.41, 5.74) is 6.17. The molecule has 4 aromatic rings. The number of amides is 2. The highest BCUT2D eigenvalue weighted by Crippen LogP contribution is 2.47. The number of hydrogen-bond acceptors (Lipinski definition) is 5. The lowest BCUT2D eigenvalue weighted by Gasteiger charge is -2.34. The van der Waals surface area contributed by atoms with E-state index in [4.69, 9.17) is 10.5 Å². The first-order valence-corrected chi connectivity index (χ1v) is 12.0.